The molecule has 296 valence electrons. The predicted molar refractivity (Wildman–Crippen MR) is 262 cm³/mol. The lowest BCUT2D eigenvalue weighted by Crippen LogP contribution is -2.00. The lowest BCUT2D eigenvalue weighted by molar-refractivity contribution is 1.07. The summed E-state index contributed by atoms with van der Waals surface area (Å²) in [6, 6.07) is 78.7. The molecule has 10 aromatic carbocycles. The molecule has 1 aliphatic carbocycles. The molecule has 0 unspecified atom stereocenters. The van der Waals surface area contributed by atoms with Gasteiger partial charge in [-0.05, 0) is 113 Å². The Labute approximate surface area is 371 Å². The van der Waals surface area contributed by atoms with Crippen LogP contribution in [0.5, 0.6) is 0 Å². The van der Waals surface area contributed by atoms with Crippen LogP contribution >= 0.6 is 0 Å². The van der Waals surface area contributed by atoms with Gasteiger partial charge in [0.25, 0.3) is 0 Å². The minimum Gasteiger partial charge on any atom is -0.208 e. The molecule has 0 atom stereocenters. The van der Waals surface area contributed by atoms with Gasteiger partial charge in [-0.1, -0.05) is 194 Å². The third-order valence-corrected chi connectivity index (χ3v) is 12.5. The van der Waals surface area contributed by atoms with Gasteiger partial charge in [0.2, 0.25) is 0 Å². The van der Waals surface area contributed by atoms with Crippen molar-refractivity contribution in [1.82, 2.24) is 15.0 Å². The Morgan fingerprint density at radius 3 is 1.41 bits per heavy atom. The molecular weight excluding hydrogens is 777 g/mol. The molecule has 1 aromatic heterocycles. The summed E-state index contributed by atoms with van der Waals surface area (Å²) in [6.07, 6.45) is 0. The predicted octanol–water partition coefficient (Wildman–Crippen LogP) is 15.4. The van der Waals surface area contributed by atoms with Crippen molar-refractivity contribution in [3.05, 3.63) is 224 Å². The normalized spacial score (nSPS) is 11.4. The van der Waals surface area contributed by atoms with Crippen molar-refractivity contribution >= 4 is 21.5 Å². The summed E-state index contributed by atoms with van der Waals surface area (Å²) in [7, 11) is 0. The molecule has 0 fully saturated rings. The molecule has 0 amide bonds. The molecule has 0 saturated carbocycles. The smallest absolute Gasteiger partial charge is 0.164 e. The third-order valence-electron chi connectivity index (χ3n) is 12.5. The summed E-state index contributed by atoms with van der Waals surface area (Å²) in [4.78, 5) is 15.4. The molecule has 1 heterocycles. The van der Waals surface area contributed by atoms with Crippen molar-refractivity contribution in [2.75, 3.05) is 0 Å². The fourth-order valence-electron chi connectivity index (χ4n) is 9.56. The van der Waals surface area contributed by atoms with E-state index < -0.39 is 0 Å². The molecule has 0 radical (unpaired) electrons. The van der Waals surface area contributed by atoms with E-state index in [1.54, 1.807) is 0 Å². The molecular formula is C60H36N4. The van der Waals surface area contributed by atoms with Gasteiger partial charge < -0.3 is 0 Å². The van der Waals surface area contributed by atoms with Gasteiger partial charge in [-0.2, -0.15) is 5.26 Å². The molecule has 0 bridgehead atoms. The first-order valence-electron chi connectivity index (χ1n) is 21.5. The van der Waals surface area contributed by atoms with Gasteiger partial charge in [-0.3, -0.25) is 0 Å². The van der Waals surface area contributed by atoms with Gasteiger partial charge in [0.1, 0.15) is 0 Å². The number of benzene rings is 10. The average Bonchev–Trinajstić information content (AvgIpc) is 3.71. The maximum atomic E-state index is 10.2. The number of nitrogens with zero attached hydrogens (tertiary/aromatic N) is 4. The molecule has 64 heavy (non-hydrogen) atoms. The topological polar surface area (TPSA) is 62.5 Å². The van der Waals surface area contributed by atoms with Gasteiger partial charge in [-0.25, -0.2) is 15.0 Å². The minimum atomic E-state index is 0.563. The fraction of sp³-hybridized carbons (Fsp3) is 0. The van der Waals surface area contributed by atoms with E-state index in [9.17, 15) is 5.26 Å². The van der Waals surface area contributed by atoms with E-state index in [4.69, 9.17) is 15.0 Å². The minimum absolute atomic E-state index is 0.563. The molecule has 11 aromatic rings. The number of nitriles is 1. The highest BCUT2D eigenvalue weighted by Gasteiger charge is 2.24. The van der Waals surface area contributed by atoms with Crippen LogP contribution in [-0.4, -0.2) is 15.0 Å². The van der Waals surface area contributed by atoms with Gasteiger partial charge in [0, 0.05) is 16.7 Å². The Morgan fingerprint density at radius 1 is 0.281 bits per heavy atom. The third kappa shape index (κ3) is 6.26. The molecule has 0 spiro atoms. The average molecular weight is 813 g/mol. The lowest BCUT2D eigenvalue weighted by Gasteiger charge is -2.17. The van der Waals surface area contributed by atoms with E-state index in [0.717, 1.165) is 55.6 Å². The van der Waals surface area contributed by atoms with Gasteiger partial charge in [-0.15, -0.1) is 0 Å². The maximum Gasteiger partial charge on any atom is 0.164 e. The van der Waals surface area contributed by atoms with Gasteiger partial charge in [0.05, 0.1) is 11.6 Å². The summed E-state index contributed by atoms with van der Waals surface area (Å²) in [5.74, 6) is 1.75. The second-order valence-corrected chi connectivity index (χ2v) is 16.2. The SMILES string of the molecule is N#Cc1ccc(-c2ccccc2-c2ccc3c4c(cccc24)-c2ccccc2-3)c(-c2cccc(-c3nc(-c4ccccc4)nc(-c4cccc(-c5cccc6ccccc56)c4)n3)c2)c1. The number of fused-ring (bicyclic) bond motifs is 4. The van der Waals surface area contributed by atoms with E-state index in [1.807, 2.05) is 48.5 Å². The lowest BCUT2D eigenvalue weighted by atomic mass is 9.86. The summed E-state index contributed by atoms with van der Waals surface area (Å²) >= 11 is 0. The summed E-state index contributed by atoms with van der Waals surface area (Å²) in [5.41, 5.74) is 16.9. The highest BCUT2D eigenvalue weighted by molar-refractivity contribution is 6.19. The largest absolute Gasteiger partial charge is 0.208 e. The van der Waals surface area contributed by atoms with Crippen molar-refractivity contribution in [2.45, 2.75) is 0 Å². The van der Waals surface area contributed by atoms with Crippen LogP contribution in [0, 0.1) is 11.3 Å². The van der Waals surface area contributed by atoms with Crippen molar-refractivity contribution in [3.8, 4) is 107 Å². The number of aromatic nitrogens is 3. The first-order chi connectivity index (χ1) is 31.7. The quantitative estimate of drug-likeness (QED) is 0.161. The first kappa shape index (κ1) is 37.0. The molecule has 12 rings (SSSR count). The second kappa shape index (κ2) is 15.3. The van der Waals surface area contributed by atoms with Crippen molar-refractivity contribution in [2.24, 2.45) is 0 Å². The van der Waals surface area contributed by atoms with Crippen molar-refractivity contribution in [3.63, 3.8) is 0 Å². The second-order valence-electron chi connectivity index (χ2n) is 16.2. The van der Waals surface area contributed by atoms with Crippen LogP contribution in [0.1, 0.15) is 5.56 Å². The molecule has 0 aliphatic heterocycles. The van der Waals surface area contributed by atoms with E-state index >= 15 is 0 Å². The Hall–Kier alpha value is -8.78. The van der Waals surface area contributed by atoms with Crippen LogP contribution in [0.15, 0.2) is 218 Å². The fourth-order valence-corrected chi connectivity index (χ4v) is 9.56. The summed E-state index contributed by atoms with van der Waals surface area (Å²) in [6.45, 7) is 0. The highest BCUT2D eigenvalue weighted by atomic mass is 15.0. The molecule has 1 aliphatic rings. The standard InChI is InChI=1S/C60H36N4/c61-37-38-30-31-52(48-24-7-6-23-47(48)51-32-33-55-50-26-9-8-25-49(50)53-28-13-29-54(51)57(53)55)56(34-38)42-19-11-21-44(36-42)60-63-58(40-15-2-1-3-16-40)62-59(64-60)43-20-10-18-41(35-43)46-27-12-17-39-14-4-5-22-45(39)46/h1-36H. The van der Waals surface area contributed by atoms with Crippen LogP contribution in [0.3, 0.4) is 0 Å². The monoisotopic (exact) mass is 812 g/mol. The van der Waals surface area contributed by atoms with E-state index in [1.165, 1.54) is 49.4 Å². The van der Waals surface area contributed by atoms with Crippen LogP contribution < -0.4 is 0 Å². The molecule has 4 nitrogen and oxygen atoms in total. The zero-order valence-corrected chi connectivity index (χ0v) is 34.6. The zero-order valence-electron chi connectivity index (χ0n) is 34.6. The maximum absolute atomic E-state index is 10.2. The number of rotatable bonds is 7. The molecule has 4 heteroatoms. The Morgan fingerprint density at radius 2 is 0.703 bits per heavy atom. The van der Waals surface area contributed by atoms with Crippen LogP contribution in [0.4, 0.5) is 0 Å². The Kier molecular flexibility index (Phi) is 8.84. The van der Waals surface area contributed by atoms with Gasteiger partial charge >= 0.3 is 0 Å². The number of hydrogen-bond donors (Lipinski definition) is 0. The Balaban J connectivity index is 0.993. The zero-order chi connectivity index (χ0) is 42.6. The first-order valence-corrected chi connectivity index (χ1v) is 21.5. The van der Waals surface area contributed by atoms with Gasteiger partial charge in [0.15, 0.2) is 17.5 Å². The molecule has 0 saturated heterocycles. The van der Waals surface area contributed by atoms with Crippen molar-refractivity contribution < 1.29 is 0 Å². The summed E-state index contributed by atoms with van der Waals surface area (Å²) < 4.78 is 0. The van der Waals surface area contributed by atoms with Crippen LogP contribution in [-0.2, 0) is 0 Å². The van der Waals surface area contributed by atoms with E-state index in [0.29, 0.717) is 23.0 Å². The highest BCUT2D eigenvalue weighted by Crippen LogP contribution is 2.50. The van der Waals surface area contributed by atoms with E-state index in [2.05, 4.69) is 176 Å². The molecule has 0 N–H and O–H groups in total. The summed E-state index contributed by atoms with van der Waals surface area (Å²) in [5, 5.41) is 15.1. The van der Waals surface area contributed by atoms with Crippen LogP contribution in [0.2, 0.25) is 0 Å². The Bertz CT molecular complexity index is 3660. The van der Waals surface area contributed by atoms with Crippen molar-refractivity contribution in [1.29, 1.82) is 5.26 Å². The van der Waals surface area contributed by atoms with E-state index in [-0.39, 0.29) is 0 Å². The van der Waals surface area contributed by atoms with Crippen LogP contribution in [0.25, 0.3) is 122 Å². The number of hydrogen-bond acceptors (Lipinski definition) is 4.